The maximum Gasteiger partial charge on any atom is 0.332 e. The van der Waals surface area contributed by atoms with Crippen LogP contribution in [-0.2, 0) is 6.54 Å². The van der Waals surface area contributed by atoms with E-state index < -0.39 is 6.03 Å². The Morgan fingerprint density at radius 1 is 1.42 bits per heavy atom. The molecule has 5 heteroatoms. The van der Waals surface area contributed by atoms with Gasteiger partial charge in [-0.25, -0.2) is 10.2 Å². The topological polar surface area (TPSA) is 70.7 Å². The predicted octanol–water partition coefficient (Wildman–Crippen LogP) is 1.92. The lowest BCUT2D eigenvalue weighted by atomic mass is 10.1. The molecule has 0 fully saturated rings. The molecular formula is C14H22N4O. The van der Waals surface area contributed by atoms with Gasteiger partial charge in [0.1, 0.15) is 0 Å². The number of benzene rings is 1. The third kappa shape index (κ3) is 6.57. The summed E-state index contributed by atoms with van der Waals surface area (Å²) in [7, 11) is 2.13. The lowest BCUT2D eigenvalue weighted by Crippen LogP contribution is -2.24. The molecule has 0 saturated heterocycles. The zero-order valence-electron chi connectivity index (χ0n) is 11.6. The second kappa shape index (κ2) is 8.26. The lowest BCUT2D eigenvalue weighted by molar-refractivity contribution is 0.249. The third-order valence-electron chi connectivity index (χ3n) is 2.71. The Balaban J connectivity index is 2.47. The van der Waals surface area contributed by atoms with Crippen molar-refractivity contribution in [1.29, 1.82) is 0 Å². The zero-order valence-corrected chi connectivity index (χ0v) is 11.6. The van der Waals surface area contributed by atoms with Crippen molar-refractivity contribution in [3.05, 3.63) is 35.4 Å². The van der Waals surface area contributed by atoms with Crippen LogP contribution in [0, 0.1) is 0 Å². The van der Waals surface area contributed by atoms with E-state index in [4.69, 9.17) is 5.73 Å². The fourth-order valence-electron chi connectivity index (χ4n) is 1.70. The first kappa shape index (κ1) is 15.2. The molecule has 0 aromatic heterocycles. The first-order valence-corrected chi connectivity index (χ1v) is 6.47. The number of carbonyl (C=O) groups excluding carboxylic acids is 1. The van der Waals surface area contributed by atoms with Crippen molar-refractivity contribution in [1.82, 2.24) is 10.3 Å². The van der Waals surface area contributed by atoms with Gasteiger partial charge in [-0.15, -0.1) is 0 Å². The van der Waals surface area contributed by atoms with Crippen LogP contribution < -0.4 is 11.2 Å². The summed E-state index contributed by atoms with van der Waals surface area (Å²) in [5.41, 5.74) is 9.26. The van der Waals surface area contributed by atoms with Crippen LogP contribution >= 0.6 is 0 Å². The van der Waals surface area contributed by atoms with Crippen molar-refractivity contribution < 1.29 is 4.79 Å². The summed E-state index contributed by atoms with van der Waals surface area (Å²) in [6.45, 7) is 4.25. The number of nitrogens with zero attached hydrogens (tertiary/aromatic N) is 2. The summed E-state index contributed by atoms with van der Waals surface area (Å²) in [5, 5.41) is 3.71. The molecule has 0 saturated carbocycles. The van der Waals surface area contributed by atoms with E-state index in [-0.39, 0.29) is 0 Å². The monoisotopic (exact) mass is 262 g/mol. The first-order valence-electron chi connectivity index (χ1n) is 6.47. The first-order chi connectivity index (χ1) is 9.11. The van der Waals surface area contributed by atoms with Gasteiger partial charge in [-0.2, -0.15) is 5.10 Å². The van der Waals surface area contributed by atoms with Crippen LogP contribution in [0.5, 0.6) is 0 Å². The highest BCUT2D eigenvalue weighted by Gasteiger charge is 1.99. The van der Waals surface area contributed by atoms with Crippen molar-refractivity contribution in [3.63, 3.8) is 0 Å². The van der Waals surface area contributed by atoms with Gasteiger partial charge in [0.25, 0.3) is 0 Å². The SMILES string of the molecule is CCCCN(C)Cc1ccc(C=NNC(N)=O)cc1. The van der Waals surface area contributed by atoms with E-state index in [1.54, 1.807) is 6.21 Å². The molecule has 0 aliphatic carbocycles. The summed E-state index contributed by atoms with van der Waals surface area (Å²) in [6, 6.07) is 7.40. The largest absolute Gasteiger partial charge is 0.350 e. The van der Waals surface area contributed by atoms with Gasteiger partial charge in [0, 0.05) is 6.54 Å². The molecule has 0 heterocycles. The number of primary amides is 1. The van der Waals surface area contributed by atoms with Crippen molar-refractivity contribution in [2.45, 2.75) is 26.3 Å². The molecule has 1 rings (SSSR count). The van der Waals surface area contributed by atoms with Crippen LogP contribution in [0.3, 0.4) is 0 Å². The summed E-state index contributed by atoms with van der Waals surface area (Å²) < 4.78 is 0. The molecule has 0 unspecified atom stereocenters. The third-order valence-corrected chi connectivity index (χ3v) is 2.71. The van der Waals surface area contributed by atoms with Crippen molar-refractivity contribution in [3.8, 4) is 0 Å². The van der Waals surface area contributed by atoms with Crippen LogP contribution in [0.15, 0.2) is 29.4 Å². The minimum Gasteiger partial charge on any atom is -0.350 e. The standard InChI is InChI=1S/C14H22N4O/c1-3-4-9-18(2)11-13-7-5-12(6-8-13)10-16-17-14(15)19/h5-8,10H,3-4,9,11H2,1-2H3,(H3,15,17,19). The van der Waals surface area contributed by atoms with Crippen LogP contribution in [0.1, 0.15) is 30.9 Å². The predicted molar refractivity (Wildman–Crippen MR) is 78.0 cm³/mol. The highest BCUT2D eigenvalue weighted by molar-refractivity contribution is 5.81. The summed E-state index contributed by atoms with van der Waals surface area (Å²) in [4.78, 5) is 12.7. The van der Waals surface area contributed by atoms with Crippen LogP contribution in [0.4, 0.5) is 4.79 Å². The number of hydrogen-bond donors (Lipinski definition) is 2. The second-order valence-electron chi connectivity index (χ2n) is 4.57. The van der Waals surface area contributed by atoms with Gasteiger partial charge >= 0.3 is 6.03 Å². The van der Waals surface area contributed by atoms with Crippen molar-refractivity contribution >= 4 is 12.2 Å². The van der Waals surface area contributed by atoms with Gasteiger partial charge in [0.2, 0.25) is 0 Å². The number of nitrogens with two attached hydrogens (primary N) is 1. The average molecular weight is 262 g/mol. The van der Waals surface area contributed by atoms with E-state index in [9.17, 15) is 4.79 Å². The van der Waals surface area contributed by atoms with Gasteiger partial charge in [-0.3, -0.25) is 0 Å². The van der Waals surface area contributed by atoms with Crippen molar-refractivity contribution in [2.75, 3.05) is 13.6 Å². The molecule has 0 bridgehead atoms. The number of rotatable bonds is 7. The zero-order chi connectivity index (χ0) is 14.1. The molecule has 3 N–H and O–H groups in total. The smallest absolute Gasteiger partial charge is 0.332 e. The van der Waals surface area contributed by atoms with Crippen LogP contribution in [0.2, 0.25) is 0 Å². The number of hydrogen-bond acceptors (Lipinski definition) is 3. The Hall–Kier alpha value is -1.88. The van der Waals surface area contributed by atoms with Crippen LogP contribution in [0.25, 0.3) is 0 Å². The van der Waals surface area contributed by atoms with E-state index in [0.717, 1.165) is 18.7 Å². The molecule has 104 valence electrons. The van der Waals surface area contributed by atoms with Gasteiger partial charge in [-0.05, 0) is 31.1 Å². The highest BCUT2D eigenvalue weighted by atomic mass is 16.2. The number of hydrazone groups is 1. The van der Waals surface area contributed by atoms with Gasteiger partial charge < -0.3 is 10.6 Å². The summed E-state index contributed by atoms with van der Waals surface area (Å²) >= 11 is 0. The van der Waals surface area contributed by atoms with Crippen molar-refractivity contribution in [2.24, 2.45) is 10.8 Å². The molecule has 0 spiro atoms. The maximum atomic E-state index is 10.4. The second-order valence-corrected chi connectivity index (χ2v) is 4.57. The fourth-order valence-corrected chi connectivity index (χ4v) is 1.70. The molecule has 2 amide bonds. The van der Waals surface area contributed by atoms with E-state index in [2.05, 4.69) is 41.5 Å². The molecule has 1 aromatic rings. The fraction of sp³-hybridized carbons (Fsp3) is 0.429. The Morgan fingerprint density at radius 2 is 2.11 bits per heavy atom. The number of urea groups is 1. The number of amides is 2. The Bertz CT molecular complexity index is 414. The molecule has 19 heavy (non-hydrogen) atoms. The molecule has 0 aliphatic rings. The quantitative estimate of drug-likeness (QED) is 0.582. The molecule has 0 atom stereocenters. The summed E-state index contributed by atoms with van der Waals surface area (Å²) in [6.07, 6.45) is 4.00. The van der Waals surface area contributed by atoms with Gasteiger partial charge in [-0.1, -0.05) is 37.6 Å². The summed E-state index contributed by atoms with van der Waals surface area (Å²) in [5.74, 6) is 0. The average Bonchev–Trinajstić information content (AvgIpc) is 2.38. The normalized spacial score (nSPS) is 11.1. The van der Waals surface area contributed by atoms with Gasteiger partial charge in [0.05, 0.1) is 6.21 Å². The lowest BCUT2D eigenvalue weighted by Gasteiger charge is -2.16. The maximum absolute atomic E-state index is 10.4. The Labute approximate surface area is 114 Å². The van der Waals surface area contributed by atoms with E-state index in [1.807, 2.05) is 12.1 Å². The molecule has 5 nitrogen and oxygen atoms in total. The van der Waals surface area contributed by atoms with Crippen LogP contribution in [-0.4, -0.2) is 30.7 Å². The molecule has 0 aliphatic heterocycles. The van der Waals surface area contributed by atoms with E-state index in [0.29, 0.717) is 0 Å². The molecule has 1 aromatic carbocycles. The minimum atomic E-state index is -0.662. The van der Waals surface area contributed by atoms with E-state index >= 15 is 0 Å². The number of nitrogens with one attached hydrogen (secondary N) is 1. The minimum absolute atomic E-state index is 0.662. The van der Waals surface area contributed by atoms with Gasteiger partial charge in [0.15, 0.2) is 0 Å². The number of unbranched alkanes of at least 4 members (excludes halogenated alkanes) is 1. The highest BCUT2D eigenvalue weighted by Crippen LogP contribution is 2.06. The van der Waals surface area contributed by atoms with E-state index in [1.165, 1.54) is 18.4 Å². The Kier molecular flexibility index (Phi) is 6.60. The number of carbonyl (C=O) groups is 1. The Morgan fingerprint density at radius 3 is 2.68 bits per heavy atom. The molecular weight excluding hydrogens is 240 g/mol. The molecule has 0 radical (unpaired) electrons.